The number of nitrogens with one attached hydrogen (secondary N) is 3. The Labute approximate surface area is 233 Å². The Bertz CT molecular complexity index is 1360. The minimum absolute atomic E-state index is 0.0781. The Kier molecular flexibility index (Phi) is 9.18. The van der Waals surface area contributed by atoms with E-state index < -0.39 is 17.3 Å². The normalized spacial score (nSPS) is 12.6. The molecule has 0 unspecified atom stereocenters. The fourth-order valence-corrected chi connectivity index (χ4v) is 4.53. The van der Waals surface area contributed by atoms with E-state index in [9.17, 15) is 19.2 Å². The molecule has 4 N–H and O–H groups in total. The highest BCUT2D eigenvalue weighted by Crippen LogP contribution is 2.36. The van der Waals surface area contributed by atoms with Crippen LogP contribution in [0.4, 0.5) is 0 Å². The van der Waals surface area contributed by atoms with Gasteiger partial charge in [0.2, 0.25) is 0 Å². The van der Waals surface area contributed by atoms with Crippen molar-refractivity contribution in [3.63, 3.8) is 0 Å². The highest BCUT2D eigenvalue weighted by molar-refractivity contribution is 6.08. The third-order valence-corrected chi connectivity index (χ3v) is 6.54. The number of amidine groups is 1. The maximum atomic E-state index is 13.6. The van der Waals surface area contributed by atoms with Gasteiger partial charge in [0.15, 0.2) is 5.78 Å². The molecule has 0 radical (unpaired) electrons. The highest BCUT2D eigenvalue weighted by Gasteiger charge is 2.31. The smallest absolute Gasteiger partial charge is 0.305 e. The first-order valence-corrected chi connectivity index (χ1v) is 12.9. The number of ether oxygens (including phenoxy) is 2. The third kappa shape index (κ3) is 6.41. The Balaban J connectivity index is 1.94. The van der Waals surface area contributed by atoms with Crippen LogP contribution in [0.15, 0.2) is 24.3 Å². The molecule has 214 valence electrons. The van der Waals surface area contributed by atoms with Gasteiger partial charge in [0.1, 0.15) is 17.3 Å². The van der Waals surface area contributed by atoms with Crippen molar-refractivity contribution in [1.82, 2.24) is 15.5 Å². The van der Waals surface area contributed by atoms with Crippen molar-refractivity contribution in [3.05, 3.63) is 57.6 Å². The van der Waals surface area contributed by atoms with Crippen LogP contribution in [0.2, 0.25) is 0 Å². The molecule has 0 saturated carbocycles. The molecule has 11 heteroatoms. The van der Waals surface area contributed by atoms with Crippen molar-refractivity contribution >= 4 is 29.4 Å². The van der Waals surface area contributed by atoms with Crippen LogP contribution in [-0.4, -0.2) is 73.3 Å². The SMILES string of the molecule is CCOc1cc2c(cc1C(=O)NC)C(=N)N(CC(=O)c1cc(C(=O)NCCC(=O)O)c(OC)c(C(C)(C)C)c1)C2. The van der Waals surface area contributed by atoms with Crippen molar-refractivity contribution in [2.24, 2.45) is 0 Å². The lowest BCUT2D eigenvalue weighted by Crippen LogP contribution is -2.31. The molecule has 0 saturated heterocycles. The lowest BCUT2D eigenvalue weighted by molar-refractivity contribution is -0.136. The van der Waals surface area contributed by atoms with E-state index in [0.29, 0.717) is 34.8 Å². The Morgan fingerprint density at radius 1 is 1.07 bits per heavy atom. The molecule has 11 nitrogen and oxygen atoms in total. The molecule has 1 aliphatic heterocycles. The van der Waals surface area contributed by atoms with Gasteiger partial charge in [-0.05, 0) is 42.2 Å². The summed E-state index contributed by atoms with van der Waals surface area (Å²) in [4.78, 5) is 51.5. The van der Waals surface area contributed by atoms with Gasteiger partial charge in [-0.15, -0.1) is 0 Å². The number of ketones is 1. The number of fused-ring (bicyclic) bond motifs is 1. The molecule has 1 heterocycles. The number of nitrogens with zero attached hydrogens (tertiary/aromatic N) is 1. The molecule has 0 aromatic heterocycles. The van der Waals surface area contributed by atoms with Gasteiger partial charge in [-0.1, -0.05) is 20.8 Å². The molecule has 40 heavy (non-hydrogen) atoms. The van der Waals surface area contributed by atoms with Gasteiger partial charge in [0.05, 0.1) is 37.8 Å². The van der Waals surface area contributed by atoms with E-state index in [1.807, 2.05) is 27.7 Å². The van der Waals surface area contributed by atoms with Gasteiger partial charge in [-0.25, -0.2) is 0 Å². The molecule has 0 fully saturated rings. The van der Waals surface area contributed by atoms with E-state index in [4.69, 9.17) is 20.0 Å². The number of carbonyl (C=O) groups is 4. The standard InChI is InChI=1S/C29H36N4O7/c1-7-40-23-12-17-14-33(26(30)18(17)13-19(23)27(37)31-5)15-22(34)16-10-20(28(38)32-9-8-24(35)36)25(39-6)21(11-16)29(2,3)4/h10-13,30H,7-9,14-15H2,1-6H3,(H,31,37)(H,32,38)(H,35,36). The van der Waals surface area contributed by atoms with Crippen molar-refractivity contribution in [2.45, 2.75) is 46.1 Å². The van der Waals surface area contributed by atoms with Gasteiger partial charge >= 0.3 is 5.97 Å². The van der Waals surface area contributed by atoms with Crippen LogP contribution in [0.5, 0.6) is 11.5 Å². The number of methoxy groups -OCH3 is 1. The summed E-state index contributed by atoms with van der Waals surface area (Å²) in [5.41, 5.74) is 2.15. The Hall–Kier alpha value is -4.41. The van der Waals surface area contributed by atoms with E-state index in [2.05, 4.69) is 10.6 Å². The monoisotopic (exact) mass is 552 g/mol. The van der Waals surface area contributed by atoms with Crippen LogP contribution in [0.25, 0.3) is 0 Å². The summed E-state index contributed by atoms with van der Waals surface area (Å²) in [6, 6.07) is 6.47. The fourth-order valence-electron chi connectivity index (χ4n) is 4.53. The summed E-state index contributed by atoms with van der Waals surface area (Å²) >= 11 is 0. The maximum absolute atomic E-state index is 13.6. The molecule has 0 bridgehead atoms. The quantitative estimate of drug-likeness (QED) is 0.310. The number of rotatable bonds is 11. The Morgan fingerprint density at radius 3 is 2.35 bits per heavy atom. The van der Waals surface area contributed by atoms with Crippen molar-refractivity contribution in [3.8, 4) is 11.5 Å². The first kappa shape index (κ1) is 30.1. The topological polar surface area (TPSA) is 158 Å². The minimum atomic E-state index is -1.04. The number of aliphatic carboxylic acids is 1. The summed E-state index contributed by atoms with van der Waals surface area (Å²) in [7, 11) is 2.95. The summed E-state index contributed by atoms with van der Waals surface area (Å²) in [6.07, 6.45) is -0.247. The van der Waals surface area contributed by atoms with Crippen LogP contribution < -0.4 is 20.1 Å². The van der Waals surface area contributed by atoms with Crippen LogP contribution in [0.3, 0.4) is 0 Å². The third-order valence-electron chi connectivity index (χ3n) is 6.54. The fraction of sp³-hybridized carbons (Fsp3) is 0.414. The highest BCUT2D eigenvalue weighted by atomic mass is 16.5. The second kappa shape index (κ2) is 12.2. The first-order valence-electron chi connectivity index (χ1n) is 12.9. The average Bonchev–Trinajstić information content (AvgIpc) is 3.19. The molecule has 1 aliphatic rings. The number of benzene rings is 2. The van der Waals surface area contributed by atoms with E-state index >= 15 is 0 Å². The predicted octanol–water partition coefficient (Wildman–Crippen LogP) is 2.98. The van der Waals surface area contributed by atoms with Gasteiger partial charge in [-0.2, -0.15) is 0 Å². The van der Waals surface area contributed by atoms with Crippen molar-refractivity contribution in [2.75, 3.05) is 33.9 Å². The predicted molar refractivity (Wildman–Crippen MR) is 149 cm³/mol. The number of Topliss-reactive ketones (excluding diaryl/α,β-unsaturated/α-hetero) is 1. The number of amides is 2. The number of carboxylic acids is 1. The Morgan fingerprint density at radius 2 is 1.77 bits per heavy atom. The van der Waals surface area contributed by atoms with Gasteiger partial charge < -0.3 is 30.1 Å². The molecular formula is C29H36N4O7. The van der Waals surface area contributed by atoms with Crippen LogP contribution in [0, 0.1) is 5.41 Å². The lowest BCUT2D eigenvalue weighted by atomic mass is 9.83. The van der Waals surface area contributed by atoms with E-state index in [-0.39, 0.29) is 54.7 Å². The second-order valence-electron chi connectivity index (χ2n) is 10.4. The van der Waals surface area contributed by atoms with E-state index in [0.717, 1.165) is 5.56 Å². The summed E-state index contributed by atoms with van der Waals surface area (Å²) in [6.45, 7) is 8.03. The average molecular weight is 553 g/mol. The van der Waals surface area contributed by atoms with E-state index in [1.54, 1.807) is 23.1 Å². The second-order valence-corrected chi connectivity index (χ2v) is 10.4. The molecule has 3 rings (SSSR count). The summed E-state index contributed by atoms with van der Waals surface area (Å²) in [5.74, 6) is -1.43. The molecule has 2 aromatic carbocycles. The molecule has 0 aliphatic carbocycles. The van der Waals surface area contributed by atoms with E-state index in [1.165, 1.54) is 20.2 Å². The van der Waals surface area contributed by atoms with Gasteiger partial charge in [0, 0.05) is 36.8 Å². The van der Waals surface area contributed by atoms with Crippen LogP contribution in [-0.2, 0) is 16.8 Å². The minimum Gasteiger partial charge on any atom is -0.496 e. The maximum Gasteiger partial charge on any atom is 0.305 e. The van der Waals surface area contributed by atoms with Crippen LogP contribution in [0.1, 0.15) is 81.9 Å². The lowest BCUT2D eigenvalue weighted by Gasteiger charge is -2.25. The zero-order valence-electron chi connectivity index (χ0n) is 23.7. The number of hydrogen-bond acceptors (Lipinski definition) is 7. The van der Waals surface area contributed by atoms with Gasteiger partial charge in [0.25, 0.3) is 11.8 Å². The summed E-state index contributed by atoms with van der Waals surface area (Å²) < 4.78 is 11.2. The molecule has 0 atom stereocenters. The molecule has 2 amide bonds. The number of hydrogen-bond donors (Lipinski definition) is 4. The molecule has 2 aromatic rings. The van der Waals surface area contributed by atoms with Crippen molar-refractivity contribution < 1.29 is 33.8 Å². The summed E-state index contributed by atoms with van der Waals surface area (Å²) in [5, 5.41) is 22.8. The van der Waals surface area contributed by atoms with Crippen LogP contribution >= 0.6 is 0 Å². The van der Waals surface area contributed by atoms with Gasteiger partial charge in [-0.3, -0.25) is 24.6 Å². The van der Waals surface area contributed by atoms with Crippen molar-refractivity contribution in [1.29, 1.82) is 5.41 Å². The molecular weight excluding hydrogens is 516 g/mol. The first-order chi connectivity index (χ1) is 18.8. The zero-order chi connectivity index (χ0) is 29.8. The largest absolute Gasteiger partial charge is 0.496 e. The number of carboxylic acid groups (broad SMARTS) is 1. The molecule has 0 spiro atoms. The number of carbonyl (C=O) groups excluding carboxylic acids is 3. The zero-order valence-corrected chi connectivity index (χ0v) is 23.7.